The molecule has 1 fully saturated rings. The maximum Gasteiger partial charge on any atom is 0.129 e. The van der Waals surface area contributed by atoms with Gasteiger partial charge in [0.2, 0.25) is 0 Å². The molecule has 2 rings (SSSR count). The van der Waals surface area contributed by atoms with Crippen molar-refractivity contribution in [3.05, 3.63) is 23.4 Å². The first-order chi connectivity index (χ1) is 8.45. The number of piperidine rings is 1. The van der Waals surface area contributed by atoms with Gasteiger partial charge in [-0.1, -0.05) is 13.8 Å². The fraction of sp³-hybridized carbons (Fsp3) is 0.571. The van der Waals surface area contributed by atoms with Crippen LogP contribution in [0.3, 0.4) is 0 Å². The number of aryl methyl sites for hydroxylation is 1. The number of aromatic nitrogens is 1. The molecule has 2 unspecified atom stereocenters. The summed E-state index contributed by atoms with van der Waals surface area (Å²) in [5.74, 6) is 2.45. The van der Waals surface area contributed by atoms with Crippen molar-refractivity contribution in [3.8, 4) is 0 Å². The Morgan fingerprint density at radius 1 is 1.33 bits per heavy atom. The molecule has 0 bridgehead atoms. The highest BCUT2D eigenvalue weighted by atomic mass is 15.2. The number of pyridine rings is 1. The van der Waals surface area contributed by atoms with Gasteiger partial charge < -0.3 is 10.6 Å². The average Bonchev–Trinajstić information content (AvgIpc) is 2.26. The number of amidine groups is 1. The van der Waals surface area contributed by atoms with Crippen molar-refractivity contribution in [3.63, 3.8) is 0 Å². The molecule has 3 N–H and O–H groups in total. The van der Waals surface area contributed by atoms with E-state index in [1.807, 2.05) is 19.1 Å². The Morgan fingerprint density at radius 3 is 2.50 bits per heavy atom. The summed E-state index contributed by atoms with van der Waals surface area (Å²) in [6.07, 6.45) is 1.28. The molecule has 0 aromatic carbocycles. The quantitative estimate of drug-likeness (QED) is 0.620. The summed E-state index contributed by atoms with van der Waals surface area (Å²) < 4.78 is 0. The number of anilines is 1. The lowest BCUT2D eigenvalue weighted by Gasteiger charge is -2.36. The smallest absolute Gasteiger partial charge is 0.129 e. The lowest BCUT2D eigenvalue weighted by Crippen LogP contribution is -2.39. The van der Waals surface area contributed by atoms with E-state index >= 15 is 0 Å². The zero-order chi connectivity index (χ0) is 13.3. The molecule has 0 spiro atoms. The van der Waals surface area contributed by atoms with Gasteiger partial charge in [-0.2, -0.15) is 0 Å². The van der Waals surface area contributed by atoms with Gasteiger partial charge in [-0.25, -0.2) is 4.98 Å². The summed E-state index contributed by atoms with van der Waals surface area (Å²) in [4.78, 5) is 6.90. The molecule has 2 heterocycles. The van der Waals surface area contributed by atoms with E-state index in [0.29, 0.717) is 11.8 Å². The lowest BCUT2D eigenvalue weighted by atomic mass is 9.92. The van der Waals surface area contributed by atoms with E-state index in [0.717, 1.165) is 30.2 Å². The van der Waals surface area contributed by atoms with E-state index in [1.165, 1.54) is 6.42 Å². The number of nitrogens with one attached hydrogen (secondary N) is 1. The summed E-state index contributed by atoms with van der Waals surface area (Å²) in [6.45, 7) is 8.59. The fourth-order valence-corrected chi connectivity index (χ4v) is 2.82. The second-order valence-corrected chi connectivity index (χ2v) is 5.62. The molecule has 1 aromatic heterocycles. The van der Waals surface area contributed by atoms with Gasteiger partial charge in [0.15, 0.2) is 0 Å². The van der Waals surface area contributed by atoms with E-state index in [4.69, 9.17) is 11.1 Å². The molecule has 1 saturated heterocycles. The van der Waals surface area contributed by atoms with E-state index in [2.05, 4.69) is 23.7 Å². The minimum absolute atomic E-state index is 0.111. The van der Waals surface area contributed by atoms with Crippen LogP contribution in [-0.4, -0.2) is 23.9 Å². The Balaban J connectivity index is 2.29. The van der Waals surface area contributed by atoms with Crippen molar-refractivity contribution in [1.82, 2.24) is 4.98 Å². The van der Waals surface area contributed by atoms with Crippen molar-refractivity contribution >= 4 is 11.7 Å². The number of hydrogen-bond donors (Lipinski definition) is 2. The van der Waals surface area contributed by atoms with Crippen LogP contribution in [-0.2, 0) is 0 Å². The summed E-state index contributed by atoms with van der Waals surface area (Å²) in [7, 11) is 0. The van der Waals surface area contributed by atoms with E-state index in [9.17, 15) is 0 Å². The van der Waals surface area contributed by atoms with Crippen LogP contribution in [0.4, 0.5) is 5.82 Å². The van der Waals surface area contributed by atoms with Gasteiger partial charge in [0.1, 0.15) is 11.7 Å². The highest BCUT2D eigenvalue weighted by molar-refractivity contribution is 5.95. The van der Waals surface area contributed by atoms with Gasteiger partial charge in [-0.3, -0.25) is 5.41 Å². The molecule has 4 nitrogen and oxygen atoms in total. The molecule has 4 heteroatoms. The van der Waals surface area contributed by atoms with Gasteiger partial charge in [0, 0.05) is 24.3 Å². The molecule has 1 aliphatic rings. The summed E-state index contributed by atoms with van der Waals surface area (Å²) in [5, 5.41) is 7.55. The number of nitrogen functional groups attached to an aromatic ring is 1. The Bertz CT molecular complexity index is 445. The predicted molar refractivity (Wildman–Crippen MR) is 75.1 cm³/mol. The van der Waals surface area contributed by atoms with Crippen LogP contribution in [0.2, 0.25) is 0 Å². The molecule has 0 aliphatic carbocycles. The SMILES string of the molecule is Cc1cc(C(=N)N)cc(N2CC(C)CC(C)C2)n1. The van der Waals surface area contributed by atoms with Crippen molar-refractivity contribution in [2.45, 2.75) is 27.2 Å². The fourth-order valence-electron chi connectivity index (χ4n) is 2.82. The van der Waals surface area contributed by atoms with Gasteiger partial charge in [0.05, 0.1) is 0 Å². The van der Waals surface area contributed by atoms with Crippen LogP contribution in [0.25, 0.3) is 0 Å². The molecule has 1 aliphatic heterocycles. The van der Waals surface area contributed by atoms with Gasteiger partial charge in [-0.15, -0.1) is 0 Å². The van der Waals surface area contributed by atoms with Crippen LogP contribution >= 0.6 is 0 Å². The van der Waals surface area contributed by atoms with Gasteiger partial charge in [-0.05, 0) is 37.3 Å². The molecule has 0 amide bonds. The average molecular weight is 246 g/mol. The van der Waals surface area contributed by atoms with Crippen molar-refractivity contribution in [2.24, 2.45) is 17.6 Å². The second-order valence-electron chi connectivity index (χ2n) is 5.62. The van der Waals surface area contributed by atoms with Gasteiger partial charge >= 0.3 is 0 Å². The van der Waals surface area contributed by atoms with E-state index in [-0.39, 0.29) is 5.84 Å². The maximum absolute atomic E-state index is 7.55. The monoisotopic (exact) mass is 246 g/mol. The van der Waals surface area contributed by atoms with Crippen LogP contribution in [0.5, 0.6) is 0 Å². The first-order valence-corrected chi connectivity index (χ1v) is 6.53. The minimum atomic E-state index is 0.111. The minimum Gasteiger partial charge on any atom is -0.384 e. The molecular weight excluding hydrogens is 224 g/mol. The van der Waals surface area contributed by atoms with E-state index in [1.54, 1.807) is 0 Å². The molecular formula is C14H22N4. The molecule has 1 aromatic rings. The summed E-state index contributed by atoms with van der Waals surface area (Å²) in [6, 6.07) is 3.79. The van der Waals surface area contributed by atoms with Crippen LogP contribution < -0.4 is 10.6 Å². The second kappa shape index (κ2) is 4.96. The third-order valence-corrected chi connectivity index (χ3v) is 3.44. The molecule has 98 valence electrons. The Labute approximate surface area is 109 Å². The molecule has 0 saturated carbocycles. The molecule has 2 atom stereocenters. The van der Waals surface area contributed by atoms with Crippen LogP contribution in [0.15, 0.2) is 12.1 Å². The Kier molecular flexibility index (Phi) is 3.55. The zero-order valence-electron chi connectivity index (χ0n) is 11.4. The Hall–Kier alpha value is -1.58. The molecule has 18 heavy (non-hydrogen) atoms. The van der Waals surface area contributed by atoms with Gasteiger partial charge in [0.25, 0.3) is 0 Å². The van der Waals surface area contributed by atoms with Crippen LogP contribution in [0.1, 0.15) is 31.5 Å². The Morgan fingerprint density at radius 2 is 1.94 bits per heavy atom. The van der Waals surface area contributed by atoms with Crippen molar-refractivity contribution in [1.29, 1.82) is 5.41 Å². The summed E-state index contributed by atoms with van der Waals surface area (Å²) >= 11 is 0. The topological polar surface area (TPSA) is 66.0 Å². The highest BCUT2D eigenvalue weighted by Crippen LogP contribution is 2.25. The third kappa shape index (κ3) is 2.81. The number of rotatable bonds is 2. The number of hydrogen-bond acceptors (Lipinski definition) is 3. The third-order valence-electron chi connectivity index (χ3n) is 3.44. The normalized spacial score (nSPS) is 24.1. The first-order valence-electron chi connectivity index (χ1n) is 6.53. The van der Waals surface area contributed by atoms with Crippen molar-refractivity contribution < 1.29 is 0 Å². The highest BCUT2D eigenvalue weighted by Gasteiger charge is 2.23. The largest absolute Gasteiger partial charge is 0.384 e. The number of nitrogens with two attached hydrogens (primary N) is 1. The molecule has 0 radical (unpaired) electrons. The zero-order valence-corrected chi connectivity index (χ0v) is 11.4. The number of nitrogens with zero attached hydrogens (tertiary/aromatic N) is 2. The lowest BCUT2D eigenvalue weighted by molar-refractivity contribution is 0.355. The standard InChI is InChI=1S/C14H22N4/c1-9-4-10(2)8-18(7-9)13-6-12(14(15)16)5-11(3)17-13/h5-6,9-10H,4,7-8H2,1-3H3,(H3,15,16). The summed E-state index contributed by atoms with van der Waals surface area (Å²) in [5.41, 5.74) is 7.26. The van der Waals surface area contributed by atoms with Crippen molar-refractivity contribution in [2.75, 3.05) is 18.0 Å². The predicted octanol–water partition coefficient (Wildman–Crippen LogP) is 2.16. The maximum atomic E-state index is 7.55. The van der Waals surface area contributed by atoms with E-state index < -0.39 is 0 Å². The first kappa shape index (κ1) is 12.9. The van der Waals surface area contributed by atoms with Crippen LogP contribution in [0, 0.1) is 24.2 Å².